The highest BCUT2D eigenvalue weighted by Crippen LogP contribution is 2.27. The fourth-order valence-corrected chi connectivity index (χ4v) is 2.27. The van der Waals surface area contributed by atoms with Crippen LogP contribution in [0, 0.1) is 0 Å². The number of urea groups is 1. The van der Waals surface area contributed by atoms with Crippen LogP contribution in [0.4, 0.5) is 16.2 Å². The number of anilines is 2. The smallest absolute Gasteiger partial charge is 0.321 e. The van der Waals surface area contributed by atoms with Crippen LogP contribution in [0.5, 0.6) is 5.75 Å². The monoisotopic (exact) mass is 359 g/mol. The summed E-state index contributed by atoms with van der Waals surface area (Å²) in [6, 6.07) is 9.10. The number of hydrogen-bond donors (Lipinski definition) is 3. The maximum absolute atomic E-state index is 11.7. The van der Waals surface area contributed by atoms with Gasteiger partial charge in [-0.2, -0.15) is 0 Å². The number of carbonyl (C=O) groups is 1. The Morgan fingerprint density at radius 3 is 2.55 bits per heavy atom. The van der Waals surface area contributed by atoms with Gasteiger partial charge in [-0.05, 0) is 36.4 Å². The van der Waals surface area contributed by atoms with Crippen LogP contribution in [0.3, 0.4) is 0 Å². The number of nitrogens with one attached hydrogen (secondary N) is 2. The second-order valence-electron chi connectivity index (χ2n) is 4.23. The summed E-state index contributed by atoms with van der Waals surface area (Å²) in [6.45, 7) is -0.0697. The maximum Gasteiger partial charge on any atom is 0.321 e. The van der Waals surface area contributed by atoms with Crippen molar-refractivity contribution in [2.24, 2.45) is 0 Å². The standard InChI is InChI=1S/C14H12Cl3N3O2/c15-8-1-4-13(11(17)5-8)22-7-19-14(21)20-12-3-2-9(18)6-10(12)16/h1-6H,7,18H2,(H2,19,20,21). The van der Waals surface area contributed by atoms with Crippen LogP contribution in [0.1, 0.15) is 0 Å². The molecule has 22 heavy (non-hydrogen) atoms. The first kappa shape index (κ1) is 16.5. The summed E-state index contributed by atoms with van der Waals surface area (Å²) in [6.07, 6.45) is 0. The molecule has 0 bridgehead atoms. The van der Waals surface area contributed by atoms with Gasteiger partial charge in [-0.15, -0.1) is 0 Å². The second kappa shape index (κ2) is 7.45. The van der Waals surface area contributed by atoms with Crippen LogP contribution in [0.25, 0.3) is 0 Å². The summed E-state index contributed by atoms with van der Waals surface area (Å²) >= 11 is 17.7. The summed E-state index contributed by atoms with van der Waals surface area (Å²) in [5.41, 5.74) is 6.53. The maximum atomic E-state index is 11.7. The van der Waals surface area contributed by atoms with Gasteiger partial charge in [0.15, 0.2) is 6.73 Å². The number of rotatable bonds is 4. The van der Waals surface area contributed by atoms with E-state index in [1.165, 1.54) is 0 Å². The molecule has 0 aliphatic heterocycles. The van der Waals surface area contributed by atoms with E-state index in [0.29, 0.717) is 32.2 Å². The molecular formula is C14H12Cl3N3O2. The Hall–Kier alpha value is -1.82. The zero-order valence-corrected chi connectivity index (χ0v) is 13.5. The molecule has 2 aromatic carbocycles. The number of ether oxygens (including phenoxy) is 1. The van der Waals surface area contributed by atoms with Crippen LogP contribution in [-0.4, -0.2) is 12.8 Å². The Bertz CT molecular complexity index is 695. The van der Waals surface area contributed by atoms with E-state index in [-0.39, 0.29) is 6.73 Å². The lowest BCUT2D eigenvalue weighted by Gasteiger charge is -2.11. The number of nitrogen functional groups attached to an aromatic ring is 1. The predicted molar refractivity (Wildman–Crippen MR) is 90.0 cm³/mol. The first-order valence-corrected chi connectivity index (χ1v) is 7.27. The Morgan fingerprint density at radius 1 is 1.09 bits per heavy atom. The Morgan fingerprint density at radius 2 is 1.86 bits per heavy atom. The molecule has 0 aromatic heterocycles. The van der Waals surface area contributed by atoms with Gasteiger partial charge >= 0.3 is 6.03 Å². The summed E-state index contributed by atoms with van der Waals surface area (Å²) in [7, 11) is 0. The first-order valence-electron chi connectivity index (χ1n) is 6.13. The van der Waals surface area contributed by atoms with Crippen LogP contribution in [-0.2, 0) is 0 Å². The molecule has 0 fully saturated rings. The summed E-state index contributed by atoms with van der Waals surface area (Å²) in [5.74, 6) is 0.414. The predicted octanol–water partition coefficient (Wildman–Crippen LogP) is 4.39. The van der Waals surface area contributed by atoms with Gasteiger partial charge in [-0.3, -0.25) is 0 Å². The number of hydrogen-bond acceptors (Lipinski definition) is 3. The Balaban J connectivity index is 1.85. The van der Waals surface area contributed by atoms with E-state index in [9.17, 15) is 4.79 Å². The third-order valence-corrected chi connectivity index (χ3v) is 3.44. The molecule has 5 nitrogen and oxygen atoms in total. The van der Waals surface area contributed by atoms with Crippen molar-refractivity contribution in [3.8, 4) is 5.75 Å². The molecule has 2 aromatic rings. The largest absolute Gasteiger partial charge is 0.472 e. The van der Waals surface area contributed by atoms with E-state index in [4.69, 9.17) is 45.3 Å². The van der Waals surface area contributed by atoms with E-state index in [2.05, 4.69) is 10.6 Å². The highest BCUT2D eigenvalue weighted by Gasteiger charge is 2.07. The molecule has 116 valence electrons. The van der Waals surface area contributed by atoms with Crippen molar-refractivity contribution >= 4 is 52.2 Å². The molecule has 0 saturated heterocycles. The summed E-state index contributed by atoms with van der Waals surface area (Å²) < 4.78 is 5.33. The Kier molecular flexibility index (Phi) is 5.60. The molecule has 0 aliphatic carbocycles. The van der Waals surface area contributed by atoms with Gasteiger partial charge in [-0.1, -0.05) is 34.8 Å². The lowest BCUT2D eigenvalue weighted by Crippen LogP contribution is -2.32. The minimum atomic E-state index is -0.475. The van der Waals surface area contributed by atoms with Crippen LogP contribution >= 0.6 is 34.8 Å². The summed E-state index contributed by atoms with van der Waals surface area (Å²) in [5, 5.41) is 6.29. The SMILES string of the molecule is Nc1ccc(NC(=O)NCOc2ccc(Cl)cc2Cl)c(Cl)c1. The van der Waals surface area contributed by atoms with Gasteiger partial charge in [0.1, 0.15) is 5.75 Å². The third kappa shape index (κ3) is 4.59. The van der Waals surface area contributed by atoms with Gasteiger partial charge in [-0.25, -0.2) is 4.79 Å². The molecular weight excluding hydrogens is 349 g/mol. The molecule has 0 radical (unpaired) electrons. The molecule has 0 saturated carbocycles. The van der Waals surface area contributed by atoms with Crippen molar-refractivity contribution < 1.29 is 9.53 Å². The highest BCUT2D eigenvalue weighted by atomic mass is 35.5. The lowest BCUT2D eigenvalue weighted by atomic mass is 10.3. The Labute approximate surface area is 142 Å². The molecule has 0 unspecified atom stereocenters. The van der Waals surface area contributed by atoms with Crippen LogP contribution < -0.4 is 21.1 Å². The van der Waals surface area contributed by atoms with E-state index >= 15 is 0 Å². The minimum absolute atomic E-state index is 0.0697. The van der Waals surface area contributed by atoms with Crippen molar-refractivity contribution in [1.29, 1.82) is 0 Å². The van der Waals surface area contributed by atoms with E-state index in [0.717, 1.165) is 0 Å². The molecule has 8 heteroatoms. The quantitative estimate of drug-likeness (QED) is 0.559. The van der Waals surface area contributed by atoms with Gasteiger partial charge in [0.2, 0.25) is 0 Å². The average Bonchev–Trinajstić information content (AvgIpc) is 2.44. The fourth-order valence-electron chi connectivity index (χ4n) is 1.57. The van der Waals surface area contributed by atoms with E-state index < -0.39 is 6.03 Å². The van der Waals surface area contributed by atoms with Gasteiger partial charge in [0.25, 0.3) is 0 Å². The first-order chi connectivity index (χ1) is 10.5. The van der Waals surface area contributed by atoms with Gasteiger partial charge in [0.05, 0.1) is 15.7 Å². The molecule has 0 spiro atoms. The molecule has 2 rings (SSSR count). The van der Waals surface area contributed by atoms with E-state index in [1.807, 2.05) is 0 Å². The molecule has 4 N–H and O–H groups in total. The zero-order valence-electron chi connectivity index (χ0n) is 11.2. The average molecular weight is 361 g/mol. The van der Waals surface area contributed by atoms with Crippen molar-refractivity contribution in [3.05, 3.63) is 51.5 Å². The summed E-state index contributed by atoms with van der Waals surface area (Å²) in [4.78, 5) is 11.7. The van der Waals surface area contributed by atoms with Gasteiger partial charge < -0.3 is 21.1 Å². The lowest BCUT2D eigenvalue weighted by molar-refractivity contribution is 0.234. The zero-order chi connectivity index (χ0) is 16.1. The molecule has 0 heterocycles. The number of benzene rings is 2. The topological polar surface area (TPSA) is 76.4 Å². The number of carbonyl (C=O) groups excluding carboxylic acids is 1. The highest BCUT2D eigenvalue weighted by molar-refractivity contribution is 6.35. The van der Waals surface area contributed by atoms with Crippen molar-refractivity contribution in [3.63, 3.8) is 0 Å². The normalized spacial score (nSPS) is 10.1. The number of amides is 2. The van der Waals surface area contributed by atoms with Crippen molar-refractivity contribution in [1.82, 2.24) is 5.32 Å². The third-order valence-electron chi connectivity index (χ3n) is 2.60. The molecule has 2 amide bonds. The van der Waals surface area contributed by atoms with Gasteiger partial charge in [0, 0.05) is 10.7 Å². The van der Waals surface area contributed by atoms with Crippen LogP contribution in [0.2, 0.25) is 15.1 Å². The van der Waals surface area contributed by atoms with Crippen LogP contribution in [0.15, 0.2) is 36.4 Å². The minimum Gasteiger partial charge on any atom is -0.472 e. The number of halogens is 3. The molecule has 0 aliphatic rings. The van der Waals surface area contributed by atoms with Crippen molar-refractivity contribution in [2.45, 2.75) is 0 Å². The van der Waals surface area contributed by atoms with Crippen molar-refractivity contribution in [2.75, 3.05) is 17.8 Å². The number of nitrogens with two attached hydrogens (primary N) is 1. The fraction of sp³-hybridized carbons (Fsp3) is 0.0714. The van der Waals surface area contributed by atoms with E-state index in [1.54, 1.807) is 36.4 Å². The second-order valence-corrected chi connectivity index (χ2v) is 5.48. The molecule has 0 atom stereocenters.